The van der Waals surface area contributed by atoms with E-state index in [4.69, 9.17) is 4.74 Å². The second-order valence-corrected chi connectivity index (χ2v) is 14.5. The van der Waals surface area contributed by atoms with Crippen LogP contribution in [-0.4, -0.2) is 41.9 Å². The highest BCUT2D eigenvalue weighted by atomic mass is 32.2. The van der Waals surface area contributed by atoms with Gasteiger partial charge in [-0.15, -0.1) is 0 Å². The van der Waals surface area contributed by atoms with E-state index in [1.54, 1.807) is 6.07 Å². The summed E-state index contributed by atoms with van der Waals surface area (Å²) in [5.74, 6) is -0.361. The van der Waals surface area contributed by atoms with Gasteiger partial charge >= 0.3 is 5.97 Å². The Morgan fingerprint density at radius 1 is 0.936 bits per heavy atom. The van der Waals surface area contributed by atoms with Crippen LogP contribution < -0.4 is 9.64 Å². The quantitative estimate of drug-likeness (QED) is 0.195. The SMILES string of the molecule is CN1C(=C/C=C2\CCCC(C=CC3=[N+](C)c4ccc(OC=O)cc4C3(C)C)=C2Sc2ccccc2)C(C)(C)c2cc(C(=O)O)ccc21. The van der Waals surface area contributed by atoms with Gasteiger partial charge in [-0.25, -0.2) is 4.79 Å². The van der Waals surface area contributed by atoms with Gasteiger partial charge in [0.2, 0.25) is 5.69 Å². The number of hydrogen-bond acceptors (Lipinski definition) is 5. The number of likely N-dealkylation sites (N-methyl/N-ethyl adjacent to an activating group) is 1. The zero-order chi connectivity index (χ0) is 33.5. The van der Waals surface area contributed by atoms with E-state index >= 15 is 0 Å². The lowest BCUT2D eigenvalue weighted by molar-refractivity contribution is -0.401. The second kappa shape index (κ2) is 12.5. The minimum Gasteiger partial charge on any atom is -0.478 e. The molecule has 0 saturated carbocycles. The van der Waals surface area contributed by atoms with Crippen molar-refractivity contribution in [3.05, 3.63) is 129 Å². The van der Waals surface area contributed by atoms with E-state index in [-0.39, 0.29) is 10.8 Å². The van der Waals surface area contributed by atoms with Crippen LogP contribution in [0, 0.1) is 0 Å². The first kappa shape index (κ1) is 32.3. The Hall–Kier alpha value is -4.62. The van der Waals surface area contributed by atoms with Gasteiger partial charge in [-0.3, -0.25) is 4.79 Å². The van der Waals surface area contributed by atoms with E-state index in [0.29, 0.717) is 17.8 Å². The van der Waals surface area contributed by atoms with Crippen LogP contribution in [-0.2, 0) is 15.6 Å². The first-order valence-corrected chi connectivity index (χ1v) is 16.8. The van der Waals surface area contributed by atoms with Crippen molar-refractivity contribution in [1.82, 2.24) is 0 Å². The van der Waals surface area contributed by atoms with E-state index in [1.165, 1.54) is 26.7 Å². The summed E-state index contributed by atoms with van der Waals surface area (Å²) in [6.07, 6.45) is 12.1. The molecule has 0 saturated heterocycles. The molecule has 0 bridgehead atoms. The van der Waals surface area contributed by atoms with Crippen LogP contribution in [0.1, 0.15) is 68.4 Å². The van der Waals surface area contributed by atoms with Crippen molar-refractivity contribution >= 4 is 41.3 Å². The van der Waals surface area contributed by atoms with Gasteiger partial charge in [-0.2, -0.15) is 4.58 Å². The molecule has 1 N–H and O–H groups in total. The number of allylic oxidation sites excluding steroid dienone is 7. The fourth-order valence-corrected chi connectivity index (χ4v) is 8.36. The molecule has 3 aromatic rings. The molecule has 0 atom stereocenters. The summed E-state index contributed by atoms with van der Waals surface area (Å²) in [5.41, 5.74) is 8.91. The van der Waals surface area contributed by atoms with Gasteiger partial charge in [-0.1, -0.05) is 56.0 Å². The standard InChI is InChI=1S/C40H40N2O4S/c1-39(2)31-23-28(38(44)45)15-19-33(31)41(5)35(39)21-16-26-11-10-12-27(37(26)47-30-13-8-7-9-14-30)17-22-36-40(3,4)32-24-29(46-25-43)18-20-34(32)42(36)6/h7-9,13-25H,10-12H2,1-6H3/p+1. The molecule has 7 heteroatoms. The number of carbonyl (C=O) groups excluding carboxylic acids is 1. The Labute approximate surface area is 281 Å². The van der Waals surface area contributed by atoms with Crippen LogP contribution in [0.15, 0.2) is 118 Å². The summed E-state index contributed by atoms with van der Waals surface area (Å²) < 4.78 is 7.40. The minimum absolute atomic E-state index is 0.276. The largest absolute Gasteiger partial charge is 0.478 e. The van der Waals surface area contributed by atoms with Gasteiger partial charge in [0.15, 0.2) is 5.71 Å². The van der Waals surface area contributed by atoms with Gasteiger partial charge in [-0.05, 0) is 98.4 Å². The maximum absolute atomic E-state index is 11.7. The maximum Gasteiger partial charge on any atom is 0.335 e. The second-order valence-electron chi connectivity index (χ2n) is 13.4. The van der Waals surface area contributed by atoms with E-state index in [0.717, 1.165) is 47.5 Å². The lowest BCUT2D eigenvalue weighted by Crippen LogP contribution is -2.26. The van der Waals surface area contributed by atoms with Crippen molar-refractivity contribution in [3.63, 3.8) is 0 Å². The molecule has 2 aliphatic heterocycles. The molecular weight excluding hydrogens is 605 g/mol. The van der Waals surface area contributed by atoms with E-state index in [9.17, 15) is 14.7 Å². The number of rotatable bonds is 8. The molecule has 1 aliphatic carbocycles. The van der Waals surface area contributed by atoms with Crippen molar-refractivity contribution in [2.75, 3.05) is 19.0 Å². The number of anilines is 1. The van der Waals surface area contributed by atoms with Crippen LogP contribution in [0.5, 0.6) is 5.75 Å². The summed E-state index contributed by atoms with van der Waals surface area (Å²) in [6, 6.07) is 21.8. The molecule has 47 heavy (non-hydrogen) atoms. The normalized spacial score (nSPS) is 19.9. The number of thioether (sulfide) groups is 1. The lowest BCUT2D eigenvalue weighted by Gasteiger charge is -2.25. The summed E-state index contributed by atoms with van der Waals surface area (Å²) >= 11 is 1.81. The number of benzene rings is 3. The molecule has 2 heterocycles. The van der Waals surface area contributed by atoms with Crippen LogP contribution in [0.2, 0.25) is 0 Å². The molecule has 0 radical (unpaired) electrons. The number of aromatic carboxylic acids is 1. The summed E-state index contributed by atoms with van der Waals surface area (Å²) in [6.45, 7) is 9.23. The zero-order valence-electron chi connectivity index (χ0n) is 27.8. The molecule has 240 valence electrons. The number of nitrogens with zero attached hydrogens (tertiary/aromatic N) is 2. The van der Waals surface area contributed by atoms with Crippen molar-refractivity contribution in [2.24, 2.45) is 0 Å². The topological polar surface area (TPSA) is 69.8 Å². The van der Waals surface area contributed by atoms with E-state index in [2.05, 4.69) is 99.8 Å². The summed E-state index contributed by atoms with van der Waals surface area (Å²) in [4.78, 5) is 27.4. The third-order valence-corrected chi connectivity index (χ3v) is 11.0. The van der Waals surface area contributed by atoms with Gasteiger partial charge < -0.3 is 14.7 Å². The highest BCUT2D eigenvalue weighted by Crippen LogP contribution is 2.48. The third-order valence-electron chi connectivity index (χ3n) is 9.79. The summed E-state index contributed by atoms with van der Waals surface area (Å²) in [5, 5.41) is 9.63. The number of carbonyl (C=O) groups is 2. The minimum atomic E-state index is -0.910. The highest BCUT2D eigenvalue weighted by molar-refractivity contribution is 8.03. The van der Waals surface area contributed by atoms with Crippen molar-refractivity contribution in [2.45, 2.75) is 62.7 Å². The predicted molar refractivity (Wildman–Crippen MR) is 190 cm³/mol. The first-order valence-electron chi connectivity index (χ1n) is 16.0. The van der Waals surface area contributed by atoms with Crippen LogP contribution >= 0.6 is 11.8 Å². The third kappa shape index (κ3) is 5.89. The lowest BCUT2D eigenvalue weighted by atomic mass is 9.81. The molecule has 0 amide bonds. The number of ether oxygens (including phenoxy) is 1. The number of fused-ring (bicyclic) bond motifs is 2. The van der Waals surface area contributed by atoms with Gasteiger partial charge in [0.1, 0.15) is 12.8 Å². The molecule has 0 fully saturated rings. The molecule has 0 aromatic heterocycles. The average Bonchev–Trinajstić information content (AvgIpc) is 3.36. The number of hydrogen-bond donors (Lipinski definition) is 1. The Bertz CT molecular complexity index is 1930. The maximum atomic E-state index is 11.7. The predicted octanol–water partition coefficient (Wildman–Crippen LogP) is 8.95. The molecular formula is C40H41N2O4S+. The van der Waals surface area contributed by atoms with Gasteiger partial charge in [0.25, 0.3) is 6.47 Å². The number of carboxylic acid groups (broad SMARTS) is 1. The fraction of sp³-hybridized carbons (Fsp3) is 0.275. The molecule has 6 nitrogen and oxygen atoms in total. The molecule has 0 unspecified atom stereocenters. The first-order chi connectivity index (χ1) is 22.4. The highest BCUT2D eigenvalue weighted by Gasteiger charge is 2.43. The summed E-state index contributed by atoms with van der Waals surface area (Å²) in [7, 11) is 4.16. The molecule has 3 aliphatic rings. The Balaban J connectivity index is 1.40. The van der Waals surface area contributed by atoms with Crippen LogP contribution in [0.4, 0.5) is 11.4 Å². The van der Waals surface area contributed by atoms with Crippen molar-refractivity contribution in [1.29, 1.82) is 0 Å². The monoisotopic (exact) mass is 645 g/mol. The van der Waals surface area contributed by atoms with Gasteiger partial charge in [0.05, 0.1) is 11.0 Å². The zero-order valence-corrected chi connectivity index (χ0v) is 28.7. The van der Waals surface area contributed by atoms with Gasteiger partial charge in [0, 0.05) is 51.4 Å². The Kier molecular flexibility index (Phi) is 8.62. The molecule has 0 spiro atoms. The fourth-order valence-electron chi connectivity index (χ4n) is 7.23. The van der Waals surface area contributed by atoms with Crippen molar-refractivity contribution < 1.29 is 24.0 Å². The van der Waals surface area contributed by atoms with Crippen LogP contribution in [0.3, 0.4) is 0 Å². The van der Waals surface area contributed by atoms with E-state index < -0.39 is 5.97 Å². The van der Waals surface area contributed by atoms with E-state index in [1.807, 2.05) is 48.2 Å². The smallest absolute Gasteiger partial charge is 0.335 e. The average molecular weight is 646 g/mol. The van der Waals surface area contributed by atoms with Crippen molar-refractivity contribution in [3.8, 4) is 5.75 Å². The molecule has 6 rings (SSSR count). The van der Waals surface area contributed by atoms with Crippen LogP contribution in [0.25, 0.3) is 0 Å². The molecule has 3 aromatic carbocycles. The number of carboxylic acids is 1. The Morgan fingerprint density at radius 2 is 1.70 bits per heavy atom. The Morgan fingerprint density at radius 3 is 2.43 bits per heavy atom.